The zero-order chi connectivity index (χ0) is 13.5. The molecule has 1 rings (SSSR count). The number of hydrogen-bond donors (Lipinski definition) is 2. The number of halogens is 1. The maximum Gasteiger partial charge on any atom is 0.303 e. The van der Waals surface area contributed by atoms with Crippen LogP contribution in [0.15, 0.2) is 24.3 Å². The summed E-state index contributed by atoms with van der Waals surface area (Å²) in [5, 5.41) is 8.71. The maximum atomic E-state index is 12.7. The molecule has 0 heterocycles. The summed E-state index contributed by atoms with van der Waals surface area (Å²) in [6.07, 6.45) is 0.428. The van der Waals surface area contributed by atoms with Gasteiger partial charge in [-0.3, -0.25) is 4.79 Å². The molecular formula is C13H18FNO3. The largest absolute Gasteiger partial charge is 0.491 e. The number of carbonyl (C=O) groups is 1. The molecule has 100 valence electrons. The molecule has 2 atom stereocenters. The Kier molecular flexibility index (Phi) is 5.58. The molecule has 3 N–H and O–H groups in total. The molecule has 1 aromatic carbocycles. The molecule has 0 aliphatic heterocycles. The lowest BCUT2D eigenvalue weighted by Crippen LogP contribution is -2.24. The zero-order valence-electron chi connectivity index (χ0n) is 10.3. The first kappa shape index (κ1) is 14.4. The second kappa shape index (κ2) is 6.96. The fourth-order valence-corrected chi connectivity index (χ4v) is 1.77. The van der Waals surface area contributed by atoms with E-state index in [1.807, 2.05) is 6.92 Å². The number of ether oxygens (including phenoxy) is 1. The van der Waals surface area contributed by atoms with Gasteiger partial charge in [-0.2, -0.15) is 0 Å². The van der Waals surface area contributed by atoms with Crippen molar-refractivity contribution in [3.63, 3.8) is 0 Å². The van der Waals surface area contributed by atoms with E-state index in [4.69, 9.17) is 15.6 Å². The highest BCUT2D eigenvalue weighted by atomic mass is 19.1. The SMILES string of the molecule is C[C@@H](C[C@H](CN)CC(=O)O)Oc1ccc(F)cc1. The Morgan fingerprint density at radius 2 is 2.06 bits per heavy atom. The fourth-order valence-electron chi connectivity index (χ4n) is 1.77. The fraction of sp³-hybridized carbons (Fsp3) is 0.462. The molecule has 0 aliphatic rings. The van der Waals surface area contributed by atoms with Gasteiger partial charge >= 0.3 is 5.97 Å². The van der Waals surface area contributed by atoms with Crippen LogP contribution in [0.3, 0.4) is 0 Å². The molecule has 0 saturated heterocycles. The lowest BCUT2D eigenvalue weighted by atomic mass is 9.99. The third-order valence-electron chi connectivity index (χ3n) is 2.61. The van der Waals surface area contributed by atoms with Crippen LogP contribution in [0, 0.1) is 11.7 Å². The van der Waals surface area contributed by atoms with Gasteiger partial charge in [0, 0.05) is 6.42 Å². The van der Waals surface area contributed by atoms with Crippen LogP contribution < -0.4 is 10.5 Å². The van der Waals surface area contributed by atoms with Crippen LogP contribution >= 0.6 is 0 Å². The van der Waals surface area contributed by atoms with Crippen LogP contribution in [-0.4, -0.2) is 23.7 Å². The van der Waals surface area contributed by atoms with E-state index < -0.39 is 5.97 Å². The molecule has 5 heteroatoms. The van der Waals surface area contributed by atoms with Gasteiger partial charge in [0.15, 0.2) is 0 Å². The monoisotopic (exact) mass is 255 g/mol. The van der Waals surface area contributed by atoms with Crippen LogP contribution in [0.5, 0.6) is 5.75 Å². The van der Waals surface area contributed by atoms with E-state index in [1.54, 1.807) is 12.1 Å². The molecule has 18 heavy (non-hydrogen) atoms. The van der Waals surface area contributed by atoms with E-state index >= 15 is 0 Å². The van der Waals surface area contributed by atoms with Crippen LogP contribution in [0.1, 0.15) is 19.8 Å². The number of carboxylic acid groups (broad SMARTS) is 1. The summed E-state index contributed by atoms with van der Waals surface area (Å²) in [6, 6.07) is 5.72. The smallest absolute Gasteiger partial charge is 0.303 e. The van der Waals surface area contributed by atoms with Crippen molar-refractivity contribution < 1.29 is 19.0 Å². The first-order valence-corrected chi connectivity index (χ1v) is 5.85. The van der Waals surface area contributed by atoms with E-state index in [2.05, 4.69) is 0 Å². The molecule has 0 aliphatic carbocycles. The minimum absolute atomic E-state index is 0.0353. The number of benzene rings is 1. The molecule has 0 saturated carbocycles. The Labute approximate surface area is 106 Å². The molecule has 0 fully saturated rings. The van der Waals surface area contributed by atoms with Gasteiger partial charge < -0.3 is 15.6 Å². The van der Waals surface area contributed by atoms with Gasteiger partial charge in [-0.05, 0) is 50.1 Å². The molecule has 0 unspecified atom stereocenters. The van der Waals surface area contributed by atoms with Gasteiger partial charge in [0.05, 0.1) is 6.10 Å². The van der Waals surface area contributed by atoms with E-state index in [0.717, 1.165) is 0 Å². The van der Waals surface area contributed by atoms with Crippen molar-refractivity contribution in [2.24, 2.45) is 11.7 Å². The molecule has 4 nitrogen and oxygen atoms in total. The molecule has 0 aromatic heterocycles. The normalized spacial score (nSPS) is 13.9. The maximum absolute atomic E-state index is 12.7. The minimum atomic E-state index is -0.862. The standard InChI is InChI=1S/C13H18FNO3/c1-9(6-10(8-15)7-13(16)17)18-12-4-2-11(14)3-5-12/h2-5,9-10H,6-8,15H2,1H3,(H,16,17)/t9-,10-/m0/s1. The minimum Gasteiger partial charge on any atom is -0.491 e. The van der Waals surface area contributed by atoms with Gasteiger partial charge in [0.25, 0.3) is 0 Å². The van der Waals surface area contributed by atoms with E-state index in [-0.39, 0.29) is 24.3 Å². The molecule has 0 amide bonds. The van der Waals surface area contributed by atoms with Gasteiger partial charge in [-0.1, -0.05) is 0 Å². The molecule has 0 radical (unpaired) electrons. The Hall–Kier alpha value is -1.62. The van der Waals surface area contributed by atoms with Crippen LogP contribution in [0.4, 0.5) is 4.39 Å². The van der Waals surface area contributed by atoms with E-state index in [1.165, 1.54) is 12.1 Å². The van der Waals surface area contributed by atoms with Crippen molar-refractivity contribution in [2.75, 3.05) is 6.54 Å². The number of hydrogen-bond acceptors (Lipinski definition) is 3. The molecule has 0 spiro atoms. The average molecular weight is 255 g/mol. The Morgan fingerprint density at radius 3 is 2.56 bits per heavy atom. The third kappa shape index (κ3) is 5.14. The van der Waals surface area contributed by atoms with Gasteiger partial charge in [-0.15, -0.1) is 0 Å². The lowest BCUT2D eigenvalue weighted by molar-refractivity contribution is -0.138. The van der Waals surface area contributed by atoms with Crippen molar-refractivity contribution in [3.05, 3.63) is 30.1 Å². The Bertz CT molecular complexity index is 380. The predicted molar refractivity (Wildman–Crippen MR) is 65.9 cm³/mol. The number of carboxylic acids is 1. The highest BCUT2D eigenvalue weighted by Crippen LogP contribution is 2.17. The first-order chi connectivity index (χ1) is 8.51. The summed E-state index contributed by atoms with van der Waals surface area (Å²) in [5.41, 5.74) is 5.51. The van der Waals surface area contributed by atoms with Crippen molar-refractivity contribution >= 4 is 5.97 Å². The number of nitrogens with two attached hydrogens (primary N) is 1. The molecule has 0 bridgehead atoms. The quantitative estimate of drug-likeness (QED) is 0.782. The number of rotatable bonds is 7. The lowest BCUT2D eigenvalue weighted by Gasteiger charge is -2.19. The number of aliphatic carboxylic acids is 1. The summed E-state index contributed by atoms with van der Waals surface area (Å²) in [7, 11) is 0. The van der Waals surface area contributed by atoms with Crippen molar-refractivity contribution in [1.29, 1.82) is 0 Å². The van der Waals surface area contributed by atoms with Crippen LogP contribution in [-0.2, 0) is 4.79 Å². The van der Waals surface area contributed by atoms with Crippen molar-refractivity contribution in [2.45, 2.75) is 25.9 Å². The second-order valence-electron chi connectivity index (χ2n) is 4.32. The summed E-state index contributed by atoms with van der Waals surface area (Å²) in [4.78, 5) is 10.6. The van der Waals surface area contributed by atoms with Crippen LogP contribution in [0.2, 0.25) is 0 Å². The zero-order valence-corrected chi connectivity index (χ0v) is 10.3. The molecule has 1 aromatic rings. The highest BCUT2D eigenvalue weighted by Gasteiger charge is 2.16. The molecular weight excluding hydrogens is 237 g/mol. The van der Waals surface area contributed by atoms with Gasteiger partial charge in [0.1, 0.15) is 11.6 Å². The Balaban J connectivity index is 2.46. The average Bonchev–Trinajstić information content (AvgIpc) is 2.30. The van der Waals surface area contributed by atoms with Gasteiger partial charge in [0.2, 0.25) is 0 Å². The first-order valence-electron chi connectivity index (χ1n) is 5.85. The third-order valence-corrected chi connectivity index (χ3v) is 2.61. The Morgan fingerprint density at radius 1 is 1.44 bits per heavy atom. The van der Waals surface area contributed by atoms with Gasteiger partial charge in [-0.25, -0.2) is 4.39 Å². The summed E-state index contributed by atoms with van der Waals surface area (Å²) >= 11 is 0. The van der Waals surface area contributed by atoms with Crippen molar-refractivity contribution in [3.8, 4) is 5.75 Å². The summed E-state index contributed by atoms with van der Waals surface area (Å²) in [6.45, 7) is 2.15. The second-order valence-corrected chi connectivity index (χ2v) is 4.32. The van der Waals surface area contributed by atoms with Crippen molar-refractivity contribution in [1.82, 2.24) is 0 Å². The highest BCUT2D eigenvalue weighted by molar-refractivity contribution is 5.67. The van der Waals surface area contributed by atoms with Crippen LogP contribution in [0.25, 0.3) is 0 Å². The summed E-state index contributed by atoms with van der Waals surface area (Å²) in [5.74, 6) is -0.729. The van der Waals surface area contributed by atoms with E-state index in [9.17, 15) is 9.18 Å². The topological polar surface area (TPSA) is 72.6 Å². The summed E-state index contributed by atoms with van der Waals surface area (Å²) < 4.78 is 18.3. The predicted octanol–water partition coefficient (Wildman–Crippen LogP) is 2.03. The van der Waals surface area contributed by atoms with E-state index in [0.29, 0.717) is 18.7 Å².